The van der Waals surface area contributed by atoms with Crippen molar-refractivity contribution in [2.75, 3.05) is 31.4 Å². The molecule has 7 nitrogen and oxygen atoms in total. The minimum Gasteiger partial charge on any atom is -0.481 e. The topological polar surface area (TPSA) is 86.4 Å². The maximum absolute atomic E-state index is 5.76. The molecule has 0 bridgehead atoms. The van der Waals surface area contributed by atoms with Crippen LogP contribution in [0, 0.1) is 0 Å². The van der Waals surface area contributed by atoms with Gasteiger partial charge in [-0.1, -0.05) is 0 Å². The summed E-state index contributed by atoms with van der Waals surface area (Å²) in [6, 6.07) is 2.10. The molecule has 0 saturated heterocycles. The second-order valence-electron chi connectivity index (χ2n) is 4.35. The van der Waals surface area contributed by atoms with Crippen LogP contribution in [-0.2, 0) is 13.0 Å². The molecule has 0 aliphatic carbocycles. The number of hydrogen-bond donors (Lipinski definition) is 1. The Morgan fingerprint density at radius 1 is 1.25 bits per heavy atom. The molecule has 0 aromatic carbocycles. The first kappa shape index (κ1) is 12.9. The fraction of sp³-hybridized carbons (Fsp3) is 0.417. The summed E-state index contributed by atoms with van der Waals surface area (Å²) < 4.78 is 10.3. The zero-order chi connectivity index (χ0) is 14.1. The van der Waals surface area contributed by atoms with Crippen molar-refractivity contribution in [2.24, 2.45) is 0 Å². The zero-order valence-electron chi connectivity index (χ0n) is 11.3. The number of nitrogens with two attached hydrogens (primary N) is 1. The Hall–Kier alpha value is -2.09. The van der Waals surface area contributed by atoms with Crippen LogP contribution in [0.2, 0.25) is 0 Å². The van der Waals surface area contributed by atoms with E-state index in [1.165, 1.54) is 23.3 Å². The van der Waals surface area contributed by atoms with E-state index in [-0.39, 0.29) is 0 Å². The Labute approximate surface area is 120 Å². The third-order valence-corrected chi connectivity index (χ3v) is 4.04. The quantitative estimate of drug-likeness (QED) is 0.906. The molecule has 0 radical (unpaired) electrons. The summed E-state index contributed by atoms with van der Waals surface area (Å²) in [6.45, 7) is 1.58. The number of methoxy groups -OCH3 is 2. The van der Waals surface area contributed by atoms with E-state index in [0.29, 0.717) is 17.0 Å². The van der Waals surface area contributed by atoms with Gasteiger partial charge in [0.25, 0.3) is 0 Å². The van der Waals surface area contributed by atoms with Crippen LogP contribution in [0.3, 0.4) is 0 Å². The average Bonchev–Trinajstić information content (AvgIpc) is 2.85. The van der Waals surface area contributed by atoms with Crippen molar-refractivity contribution in [1.82, 2.24) is 15.0 Å². The van der Waals surface area contributed by atoms with Gasteiger partial charge < -0.3 is 20.1 Å². The smallest absolute Gasteiger partial charge is 0.321 e. The van der Waals surface area contributed by atoms with Crippen LogP contribution in [-0.4, -0.2) is 35.7 Å². The predicted molar refractivity (Wildman–Crippen MR) is 76.4 cm³/mol. The Morgan fingerprint density at radius 2 is 2.10 bits per heavy atom. The predicted octanol–water partition coefficient (Wildman–Crippen LogP) is 1.10. The second-order valence-corrected chi connectivity index (χ2v) is 5.46. The van der Waals surface area contributed by atoms with Crippen LogP contribution in [0.15, 0.2) is 6.07 Å². The highest BCUT2D eigenvalue weighted by molar-refractivity contribution is 7.15. The summed E-state index contributed by atoms with van der Waals surface area (Å²) in [5.41, 5.74) is 6.85. The molecule has 0 spiro atoms. The van der Waals surface area contributed by atoms with Crippen LogP contribution < -0.4 is 20.1 Å². The molecule has 3 rings (SSSR count). The van der Waals surface area contributed by atoms with E-state index >= 15 is 0 Å². The molecule has 0 amide bonds. The summed E-state index contributed by atoms with van der Waals surface area (Å²) in [5.74, 6) is 1.27. The number of hydrogen-bond acceptors (Lipinski definition) is 8. The molecule has 2 aromatic heterocycles. The van der Waals surface area contributed by atoms with Crippen LogP contribution >= 0.6 is 11.3 Å². The van der Waals surface area contributed by atoms with E-state index in [1.54, 1.807) is 13.2 Å². The summed E-state index contributed by atoms with van der Waals surface area (Å²) in [4.78, 5) is 16.1. The highest BCUT2D eigenvalue weighted by Gasteiger charge is 2.22. The Bertz CT molecular complexity index is 608. The van der Waals surface area contributed by atoms with Gasteiger partial charge in [-0.05, 0) is 0 Å². The van der Waals surface area contributed by atoms with Crippen molar-refractivity contribution < 1.29 is 9.47 Å². The molecule has 0 unspecified atom stereocenters. The number of rotatable bonds is 3. The zero-order valence-corrected chi connectivity index (χ0v) is 12.1. The van der Waals surface area contributed by atoms with Gasteiger partial charge in [-0.15, -0.1) is 11.3 Å². The van der Waals surface area contributed by atoms with Crippen molar-refractivity contribution in [3.63, 3.8) is 0 Å². The minimum atomic E-state index is 0.300. The molecule has 1 aliphatic rings. The number of anilines is 2. The molecule has 0 atom stereocenters. The third kappa shape index (κ3) is 2.34. The van der Waals surface area contributed by atoms with E-state index in [9.17, 15) is 0 Å². The molecular formula is C12H15N5O2S. The van der Waals surface area contributed by atoms with Gasteiger partial charge in [-0.2, -0.15) is 9.97 Å². The van der Waals surface area contributed by atoms with Crippen LogP contribution in [0.5, 0.6) is 11.9 Å². The number of thiazole rings is 1. The Balaban J connectivity index is 1.90. The van der Waals surface area contributed by atoms with Gasteiger partial charge in [0.2, 0.25) is 5.88 Å². The molecule has 1 aliphatic heterocycles. The van der Waals surface area contributed by atoms with Crippen molar-refractivity contribution in [3.8, 4) is 11.9 Å². The van der Waals surface area contributed by atoms with Crippen LogP contribution in [0.25, 0.3) is 0 Å². The van der Waals surface area contributed by atoms with Crippen LogP contribution in [0.4, 0.5) is 10.9 Å². The highest BCUT2D eigenvalue weighted by Crippen LogP contribution is 2.30. The number of nitrogens with zero attached hydrogens (tertiary/aromatic N) is 4. The van der Waals surface area contributed by atoms with Gasteiger partial charge >= 0.3 is 6.01 Å². The summed E-state index contributed by atoms with van der Waals surface area (Å²) >= 11 is 1.53. The Kier molecular flexibility index (Phi) is 3.31. The fourth-order valence-electron chi connectivity index (χ4n) is 2.16. The third-order valence-electron chi connectivity index (χ3n) is 3.13. The normalized spacial score (nSPS) is 14.0. The molecular weight excluding hydrogens is 278 g/mol. The number of fused-ring (bicyclic) bond motifs is 1. The van der Waals surface area contributed by atoms with E-state index in [4.69, 9.17) is 15.2 Å². The van der Waals surface area contributed by atoms with Gasteiger partial charge in [0.15, 0.2) is 5.13 Å². The van der Waals surface area contributed by atoms with Crippen LogP contribution in [0.1, 0.15) is 10.6 Å². The van der Waals surface area contributed by atoms with Crippen molar-refractivity contribution in [3.05, 3.63) is 16.6 Å². The maximum Gasteiger partial charge on any atom is 0.321 e. The van der Waals surface area contributed by atoms with E-state index in [2.05, 4.69) is 19.9 Å². The van der Waals surface area contributed by atoms with Crippen molar-refractivity contribution in [2.45, 2.75) is 13.0 Å². The lowest BCUT2D eigenvalue weighted by atomic mass is 10.2. The number of nitrogen functional groups attached to an aromatic ring is 1. The summed E-state index contributed by atoms with van der Waals surface area (Å²) in [5, 5.41) is 0.620. The molecule has 106 valence electrons. The van der Waals surface area contributed by atoms with Gasteiger partial charge in [0, 0.05) is 23.9 Å². The highest BCUT2D eigenvalue weighted by atomic mass is 32.1. The van der Waals surface area contributed by atoms with E-state index in [1.807, 2.05) is 0 Å². The monoisotopic (exact) mass is 293 g/mol. The summed E-state index contributed by atoms with van der Waals surface area (Å²) in [7, 11) is 3.11. The molecule has 8 heteroatoms. The summed E-state index contributed by atoms with van der Waals surface area (Å²) in [6.07, 6.45) is 0.859. The molecule has 2 aromatic rings. The lowest BCUT2D eigenvalue weighted by Gasteiger charge is -2.27. The van der Waals surface area contributed by atoms with Crippen molar-refractivity contribution in [1.29, 1.82) is 0 Å². The molecule has 20 heavy (non-hydrogen) atoms. The molecule has 0 fully saturated rings. The largest absolute Gasteiger partial charge is 0.481 e. The second kappa shape index (κ2) is 5.12. The minimum absolute atomic E-state index is 0.300. The van der Waals surface area contributed by atoms with Gasteiger partial charge in [-0.25, -0.2) is 4.98 Å². The fourth-order valence-corrected chi connectivity index (χ4v) is 3.06. The Morgan fingerprint density at radius 3 is 2.85 bits per heavy atom. The maximum atomic E-state index is 5.76. The number of aromatic nitrogens is 3. The van der Waals surface area contributed by atoms with E-state index < -0.39 is 0 Å². The number of ether oxygens (including phenoxy) is 2. The van der Waals surface area contributed by atoms with Gasteiger partial charge in [-0.3, -0.25) is 0 Å². The lowest BCUT2D eigenvalue weighted by Crippen LogP contribution is -2.30. The van der Waals surface area contributed by atoms with E-state index in [0.717, 1.165) is 31.0 Å². The van der Waals surface area contributed by atoms with Crippen molar-refractivity contribution >= 4 is 22.3 Å². The van der Waals surface area contributed by atoms with Gasteiger partial charge in [0.1, 0.15) is 5.82 Å². The molecule has 0 saturated carbocycles. The average molecular weight is 293 g/mol. The lowest BCUT2D eigenvalue weighted by molar-refractivity contribution is 0.352. The molecule has 2 N–H and O–H groups in total. The first-order chi connectivity index (χ1) is 9.69. The van der Waals surface area contributed by atoms with Gasteiger partial charge in [0.05, 0.1) is 26.5 Å². The molecule has 3 heterocycles. The first-order valence-corrected chi connectivity index (χ1v) is 6.97. The first-order valence-electron chi connectivity index (χ1n) is 6.15. The standard InChI is InChI=1S/C12H15N5O2S/c1-18-10-5-9(15-12(16-10)19-2)17-4-3-7-8(6-17)20-11(13)14-7/h5H,3-4,6H2,1-2H3,(H2,13,14). The SMILES string of the molecule is COc1cc(N2CCc3nc(N)sc3C2)nc(OC)n1.